The summed E-state index contributed by atoms with van der Waals surface area (Å²) in [6.07, 6.45) is 4.75. The predicted molar refractivity (Wildman–Crippen MR) is 71.5 cm³/mol. The first-order valence-electron chi connectivity index (χ1n) is 5.45. The molecule has 2 rings (SSSR count). The molecule has 2 aromatic heterocycles. The largest absolute Gasteiger partial charge is 0.362 e. The summed E-state index contributed by atoms with van der Waals surface area (Å²) in [5.74, 6) is 0.887. The van der Waals surface area contributed by atoms with Crippen LogP contribution in [-0.2, 0) is 12.8 Å². The molecule has 0 spiro atoms. The highest BCUT2D eigenvalue weighted by molar-refractivity contribution is 7.98. The molecule has 0 saturated carbocycles. The molecule has 0 aromatic carbocycles. The van der Waals surface area contributed by atoms with Crippen LogP contribution < -0.4 is 5.32 Å². The molecule has 2 heterocycles. The van der Waals surface area contributed by atoms with Crippen molar-refractivity contribution in [3.05, 3.63) is 17.4 Å². The SMILES string of the molecule is CCCNc1ncc(CSc2nncn2C)s1. The van der Waals surface area contributed by atoms with Gasteiger partial charge in [0.05, 0.1) is 0 Å². The lowest BCUT2D eigenvalue weighted by molar-refractivity contribution is 0.788. The van der Waals surface area contributed by atoms with Gasteiger partial charge in [-0.15, -0.1) is 21.5 Å². The average molecular weight is 269 g/mol. The number of nitrogens with one attached hydrogen (secondary N) is 1. The van der Waals surface area contributed by atoms with Crippen molar-refractivity contribution in [2.24, 2.45) is 7.05 Å². The van der Waals surface area contributed by atoms with E-state index >= 15 is 0 Å². The molecule has 0 aliphatic rings. The monoisotopic (exact) mass is 269 g/mol. The van der Waals surface area contributed by atoms with E-state index in [1.807, 2.05) is 17.8 Å². The molecule has 5 nitrogen and oxygen atoms in total. The highest BCUT2D eigenvalue weighted by atomic mass is 32.2. The summed E-state index contributed by atoms with van der Waals surface area (Å²) >= 11 is 3.38. The van der Waals surface area contributed by atoms with Gasteiger partial charge in [0.2, 0.25) is 0 Å². The first kappa shape index (κ1) is 12.4. The van der Waals surface area contributed by atoms with Crippen molar-refractivity contribution >= 4 is 28.2 Å². The minimum absolute atomic E-state index is 0.887. The fourth-order valence-corrected chi connectivity index (χ4v) is 2.97. The third-order valence-corrected chi connectivity index (χ3v) is 4.31. The van der Waals surface area contributed by atoms with Gasteiger partial charge in [0.1, 0.15) is 6.33 Å². The van der Waals surface area contributed by atoms with Crippen LogP contribution in [0.15, 0.2) is 17.7 Å². The number of aromatic nitrogens is 4. The van der Waals surface area contributed by atoms with E-state index in [1.165, 1.54) is 4.88 Å². The van der Waals surface area contributed by atoms with Crippen molar-refractivity contribution < 1.29 is 0 Å². The van der Waals surface area contributed by atoms with Crippen molar-refractivity contribution in [1.29, 1.82) is 0 Å². The van der Waals surface area contributed by atoms with E-state index in [-0.39, 0.29) is 0 Å². The van der Waals surface area contributed by atoms with Crippen LogP contribution in [0.5, 0.6) is 0 Å². The number of rotatable bonds is 6. The Morgan fingerprint density at radius 2 is 2.41 bits per heavy atom. The quantitative estimate of drug-likeness (QED) is 0.816. The molecule has 0 atom stereocenters. The van der Waals surface area contributed by atoms with E-state index < -0.39 is 0 Å². The fourth-order valence-electron chi connectivity index (χ4n) is 1.23. The molecular formula is C10H15N5S2. The lowest BCUT2D eigenvalue weighted by atomic mass is 10.5. The van der Waals surface area contributed by atoms with Crippen LogP contribution >= 0.6 is 23.1 Å². The summed E-state index contributed by atoms with van der Waals surface area (Å²) in [6, 6.07) is 0. The Morgan fingerprint density at radius 1 is 1.53 bits per heavy atom. The maximum Gasteiger partial charge on any atom is 0.191 e. The zero-order valence-corrected chi connectivity index (χ0v) is 11.5. The summed E-state index contributed by atoms with van der Waals surface area (Å²) in [4.78, 5) is 5.57. The summed E-state index contributed by atoms with van der Waals surface area (Å²) in [7, 11) is 1.95. The molecule has 92 valence electrons. The van der Waals surface area contributed by atoms with Crippen molar-refractivity contribution in [2.45, 2.75) is 24.3 Å². The first-order valence-corrected chi connectivity index (χ1v) is 7.25. The van der Waals surface area contributed by atoms with Crippen LogP contribution in [0.1, 0.15) is 18.2 Å². The molecule has 0 unspecified atom stereocenters. The molecule has 0 aliphatic heterocycles. The third-order valence-electron chi connectivity index (χ3n) is 2.09. The normalized spacial score (nSPS) is 10.7. The van der Waals surface area contributed by atoms with Gasteiger partial charge < -0.3 is 9.88 Å². The Labute approximate surface area is 109 Å². The van der Waals surface area contributed by atoms with Gasteiger partial charge in [-0.3, -0.25) is 0 Å². The molecule has 2 aromatic rings. The number of aryl methyl sites for hydroxylation is 1. The van der Waals surface area contributed by atoms with Crippen LogP contribution in [0.4, 0.5) is 5.13 Å². The Kier molecular flexibility index (Phi) is 4.38. The number of hydrogen-bond donors (Lipinski definition) is 1. The van der Waals surface area contributed by atoms with Gasteiger partial charge in [0.25, 0.3) is 0 Å². The molecular weight excluding hydrogens is 254 g/mol. The molecule has 1 N–H and O–H groups in total. The smallest absolute Gasteiger partial charge is 0.191 e. The van der Waals surface area contributed by atoms with Crippen LogP contribution in [0.25, 0.3) is 0 Å². The van der Waals surface area contributed by atoms with Crippen molar-refractivity contribution in [3.63, 3.8) is 0 Å². The maximum atomic E-state index is 4.33. The van der Waals surface area contributed by atoms with Crippen molar-refractivity contribution in [1.82, 2.24) is 19.7 Å². The molecule has 17 heavy (non-hydrogen) atoms. The molecule has 0 fully saturated rings. The van der Waals surface area contributed by atoms with Gasteiger partial charge >= 0.3 is 0 Å². The van der Waals surface area contributed by atoms with Crippen molar-refractivity contribution in [3.8, 4) is 0 Å². The van der Waals surface area contributed by atoms with E-state index in [4.69, 9.17) is 0 Å². The zero-order chi connectivity index (χ0) is 12.1. The topological polar surface area (TPSA) is 55.6 Å². The molecule has 0 bridgehead atoms. The second-order valence-electron chi connectivity index (χ2n) is 3.57. The van der Waals surface area contributed by atoms with E-state index in [0.717, 1.165) is 29.0 Å². The van der Waals surface area contributed by atoms with Gasteiger partial charge in [-0.05, 0) is 6.42 Å². The lowest BCUT2D eigenvalue weighted by Gasteiger charge is -1.98. The Bertz CT molecular complexity index is 465. The van der Waals surface area contributed by atoms with Crippen LogP contribution in [0.2, 0.25) is 0 Å². The fraction of sp³-hybridized carbons (Fsp3) is 0.500. The van der Waals surface area contributed by atoms with E-state index in [9.17, 15) is 0 Å². The Balaban J connectivity index is 1.87. The Hall–Kier alpha value is -1.08. The van der Waals surface area contributed by atoms with Gasteiger partial charge in [-0.1, -0.05) is 18.7 Å². The van der Waals surface area contributed by atoms with Gasteiger partial charge in [-0.2, -0.15) is 0 Å². The molecule has 0 aliphatic carbocycles. The summed E-state index contributed by atoms with van der Waals surface area (Å²) in [5.41, 5.74) is 0. The minimum Gasteiger partial charge on any atom is -0.362 e. The lowest BCUT2D eigenvalue weighted by Crippen LogP contribution is -1.97. The summed E-state index contributed by atoms with van der Waals surface area (Å²) in [6.45, 7) is 3.12. The maximum absolute atomic E-state index is 4.33. The average Bonchev–Trinajstić information content (AvgIpc) is 2.93. The summed E-state index contributed by atoms with van der Waals surface area (Å²) < 4.78 is 1.92. The highest BCUT2D eigenvalue weighted by Gasteiger charge is 2.05. The molecule has 7 heteroatoms. The van der Waals surface area contributed by atoms with Crippen LogP contribution in [0, 0.1) is 0 Å². The second kappa shape index (κ2) is 6.02. The molecule has 0 radical (unpaired) electrons. The number of nitrogens with zero attached hydrogens (tertiary/aromatic N) is 4. The van der Waals surface area contributed by atoms with Gasteiger partial charge in [0.15, 0.2) is 10.3 Å². The van der Waals surface area contributed by atoms with Crippen LogP contribution in [0.3, 0.4) is 0 Å². The van der Waals surface area contributed by atoms with Crippen LogP contribution in [-0.4, -0.2) is 26.3 Å². The third kappa shape index (κ3) is 3.44. The number of anilines is 1. The minimum atomic E-state index is 0.887. The number of thioether (sulfide) groups is 1. The number of thiazole rings is 1. The first-order chi connectivity index (χ1) is 8.29. The van der Waals surface area contributed by atoms with E-state index in [0.29, 0.717) is 0 Å². The predicted octanol–water partition coefficient (Wildman–Crippen LogP) is 2.39. The van der Waals surface area contributed by atoms with E-state index in [1.54, 1.807) is 29.4 Å². The van der Waals surface area contributed by atoms with E-state index in [2.05, 4.69) is 27.4 Å². The molecule has 0 amide bonds. The molecule has 0 saturated heterocycles. The van der Waals surface area contributed by atoms with Gasteiger partial charge in [-0.25, -0.2) is 4.98 Å². The highest BCUT2D eigenvalue weighted by Crippen LogP contribution is 2.25. The second-order valence-corrected chi connectivity index (χ2v) is 5.63. The zero-order valence-electron chi connectivity index (χ0n) is 9.88. The Morgan fingerprint density at radius 3 is 3.12 bits per heavy atom. The summed E-state index contributed by atoms with van der Waals surface area (Å²) in [5, 5.41) is 13.1. The van der Waals surface area contributed by atoms with Gasteiger partial charge in [0, 0.05) is 30.4 Å². The standard InChI is InChI=1S/C10H15N5S2/c1-3-4-11-9-12-5-8(17-9)6-16-10-14-13-7-15(10)2/h5,7H,3-4,6H2,1-2H3,(H,11,12). The van der Waals surface area contributed by atoms with Crippen molar-refractivity contribution in [2.75, 3.05) is 11.9 Å². The number of hydrogen-bond acceptors (Lipinski definition) is 6.